The Kier molecular flexibility index (Phi) is 8.14. The molecule has 1 aromatic heterocycles. The average molecular weight is 539 g/mol. The third kappa shape index (κ3) is 6.16. The normalized spacial score (nSPS) is 11.7. The van der Waals surface area contributed by atoms with Crippen LogP contribution in [0.25, 0.3) is 17.1 Å². The fourth-order valence-corrected chi connectivity index (χ4v) is 4.68. The lowest BCUT2D eigenvalue weighted by Crippen LogP contribution is -2.20. The van der Waals surface area contributed by atoms with Crippen LogP contribution in [0.5, 0.6) is 0 Å². The first-order valence-electron chi connectivity index (χ1n) is 11.2. The maximum absolute atomic E-state index is 12.5. The van der Waals surface area contributed by atoms with Gasteiger partial charge in [0.05, 0.1) is 22.0 Å². The van der Waals surface area contributed by atoms with E-state index in [-0.39, 0.29) is 17.1 Å². The molecule has 0 aliphatic heterocycles. The molecule has 0 bridgehead atoms. The van der Waals surface area contributed by atoms with Gasteiger partial charge in [-0.25, -0.2) is 5.43 Å². The molecule has 3 aromatic carbocycles. The maximum Gasteiger partial charge on any atom is 0.250 e. The highest BCUT2D eigenvalue weighted by Crippen LogP contribution is 2.30. The summed E-state index contributed by atoms with van der Waals surface area (Å²) in [5, 5.41) is 14.3. The summed E-state index contributed by atoms with van der Waals surface area (Å²) in [6.45, 7) is 6.55. The van der Waals surface area contributed by atoms with E-state index >= 15 is 0 Å². The van der Waals surface area contributed by atoms with Crippen molar-refractivity contribution in [1.82, 2.24) is 20.2 Å². The molecule has 6 nitrogen and oxygen atoms in total. The van der Waals surface area contributed by atoms with Crippen LogP contribution in [-0.2, 0) is 10.2 Å². The van der Waals surface area contributed by atoms with Gasteiger partial charge >= 0.3 is 0 Å². The molecule has 0 unspecified atom stereocenters. The Morgan fingerprint density at radius 3 is 2.28 bits per heavy atom. The molecule has 4 rings (SSSR count). The van der Waals surface area contributed by atoms with E-state index in [1.807, 2.05) is 34.9 Å². The smallest absolute Gasteiger partial charge is 0.250 e. The standard InChI is InChI=1S/C27H25Cl2N5OS/c1-27(2,3)19-14-12-18(13-15-19)25-32-33-26(34(25)20-8-5-4-6-9-20)36-17-24(35)31-30-16-21-22(28)10-7-11-23(21)29/h4-16H,17H2,1-3H3,(H,31,35)/b30-16+. The lowest BCUT2D eigenvalue weighted by Gasteiger charge is -2.19. The fourth-order valence-electron chi connectivity index (χ4n) is 3.44. The number of nitrogens with zero attached hydrogens (tertiary/aromatic N) is 4. The molecule has 36 heavy (non-hydrogen) atoms. The molecule has 1 N–H and O–H groups in total. The Morgan fingerprint density at radius 2 is 1.64 bits per heavy atom. The first-order chi connectivity index (χ1) is 17.2. The van der Waals surface area contributed by atoms with Crippen molar-refractivity contribution in [2.24, 2.45) is 5.10 Å². The number of nitrogens with one attached hydrogen (secondary N) is 1. The Morgan fingerprint density at radius 1 is 0.972 bits per heavy atom. The van der Waals surface area contributed by atoms with Gasteiger partial charge in [-0.2, -0.15) is 5.10 Å². The second-order valence-electron chi connectivity index (χ2n) is 9.02. The molecule has 0 aliphatic rings. The lowest BCUT2D eigenvalue weighted by atomic mass is 9.87. The summed E-state index contributed by atoms with van der Waals surface area (Å²) in [6, 6.07) is 23.3. The first-order valence-corrected chi connectivity index (χ1v) is 13.0. The van der Waals surface area contributed by atoms with Crippen molar-refractivity contribution in [2.45, 2.75) is 31.3 Å². The zero-order valence-electron chi connectivity index (χ0n) is 20.1. The van der Waals surface area contributed by atoms with Gasteiger partial charge in [-0.3, -0.25) is 9.36 Å². The number of halogens is 2. The summed E-state index contributed by atoms with van der Waals surface area (Å²) in [5.74, 6) is 0.510. The monoisotopic (exact) mass is 537 g/mol. The van der Waals surface area contributed by atoms with Crippen LogP contribution in [0, 0.1) is 0 Å². The number of aromatic nitrogens is 3. The fraction of sp³-hybridized carbons (Fsp3) is 0.185. The zero-order chi connectivity index (χ0) is 25.7. The maximum atomic E-state index is 12.5. The highest BCUT2D eigenvalue weighted by Gasteiger charge is 2.19. The van der Waals surface area contributed by atoms with Gasteiger partial charge in [0.1, 0.15) is 0 Å². The SMILES string of the molecule is CC(C)(C)c1ccc(-c2nnc(SCC(=O)N/N=C/c3c(Cl)cccc3Cl)n2-c2ccccc2)cc1. The van der Waals surface area contributed by atoms with E-state index < -0.39 is 0 Å². The average Bonchev–Trinajstić information content (AvgIpc) is 3.28. The van der Waals surface area contributed by atoms with Gasteiger partial charge < -0.3 is 0 Å². The van der Waals surface area contributed by atoms with Gasteiger partial charge in [0.25, 0.3) is 5.91 Å². The second kappa shape index (κ2) is 11.3. The third-order valence-electron chi connectivity index (χ3n) is 5.37. The number of hydrogen-bond donors (Lipinski definition) is 1. The number of hydrazone groups is 1. The Balaban J connectivity index is 1.53. The number of hydrogen-bond acceptors (Lipinski definition) is 5. The number of para-hydroxylation sites is 1. The van der Waals surface area contributed by atoms with Crippen LogP contribution < -0.4 is 5.43 Å². The Labute approximate surface area is 224 Å². The molecule has 0 fully saturated rings. The van der Waals surface area contributed by atoms with E-state index in [9.17, 15) is 4.79 Å². The molecule has 0 saturated heterocycles. The van der Waals surface area contributed by atoms with Gasteiger partial charge in [0, 0.05) is 16.8 Å². The molecule has 0 atom stereocenters. The van der Waals surface area contributed by atoms with Gasteiger partial charge in [0.15, 0.2) is 11.0 Å². The van der Waals surface area contributed by atoms with Crippen molar-refractivity contribution in [3.8, 4) is 17.1 Å². The van der Waals surface area contributed by atoms with Crippen molar-refractivity contribution < 1.29 is 4.79 Å². The molecule has 9 heteroatoms. The van der Waals surface area contributed by atoms with E-state index in [2.05, 4.69) is 65.8 Å². The minimum Gasteiger partial charge on any atom is -0.272 e. The summed E-state index contributed by atoms with van der Waals surface area (Å²) < 4.78 is 1.96. The second-order valence-corrected chi connectivity index (χ2v) is 10.8. The predicted octanol–water partition coefficient (Wildman–Crippen LogP) is 6.78. The van der Waals surface area contributed by atoms with Crippen molar-refractivity contribution in [3.05, 3.63) is 94.0 Å². The van der Waals surface area contributed by atoms with Crippen LogP contribution in [0.15, 0.2) is 83.1 Å². The zero-order valence-corrected chi connectivity index (χ0v) is 22.4. The molecule has 0 spiro atoms. The molecule has 1 heterocycles. The van der Waals surface area contributed by atoms with E-state index in [0.717, 1.165) is 11.3 Å². The van der Waals surface area contributed by atoms with E-state index in [1.54, 1.807) is 18.2 Å². The van der Waals surface area contributed by atoms with Gasteiger partial charge in [-0.05, 0) is 35.2 Å². The minimum atomic E-state index is -0.293. The van der Waals surface area contributed by atoms with Crippen LogP contribution in [0.4, 0.5) is 0 Å². The largest absolute Gasteiger partial charge is 0.272 e. The summed E-state index contributed by atoms with van der Waals surface area (Å²) in [7, 11) is 0. The van der Waals surface area contributed by atoms with Crippen LogP contribution in [-0.4, -0.2) is 32.6 Å². The molecule has 4 aromatic rings. The molecule has 0 saturated carbocycles. The molecular weight excluding hydrogens is 513 g/mol. The quantitative estimate of drug-likeness (QED) is 0.160. The van der Waals surface area contributed by atoms with Crippen molar-refractivity contribution in [1.29, 1.82) is 0 Å². The molecular formula is C27H25Cl2N5OS. The summed E-state index contributed by atoms with van der Waals surface area (Å²) in [6.07, 6.45) is 1.43. The molecule has 1 amide bonds. The van der Waals surface area contributed by atoms with Crippen molar-refractivity contribution in [2.75, 3.05) is 5.75 Å². The number of carbonyl (C=O) groups is 1. The first kappa shape index (κ1) is 25.9. The molecule has 0 radical (unpaired) electrons. The van der Waals surface area contributed by atoms with E-state index in [1.165, 1.54) is 23.5 Å². The van der Waals surface area contributed by atoms with Crippen LogP contribution in [0.2, 0.25) is 10.0 Å². The van der Waals surface area contributed by atoms with Crippen molar-refractivity contribution in [3.63, 3.8) is 0 Å². The molecule has 0 aliphatic carbocycles. The van der Waals surface area contributed by atoms with E-state index in [4.69, 9.17) is 23.2 Å². The summed E-state index contributed by atoms with van der Waals surface area (Å²) >= 11 is 13.5. The Bertz CT molecular complexity index is 1360. The highest BCUT2D eigenvalue weighted by molar-refractivity contribution is 7.99. The molecule has 184 valence electrons. The number of amides is 1. The van der Waals surface area contributed by atoms with Gasteiger partial charge in [0.2, 0.25) is 0 Å². The topological polar surface area (TPSA) is 72.2 Å². The lowest BCUT2D eigenvalue weighted by molar-refractivity contribution is -0.118. The van der Waals surface area contributed by atoms with Gasteiger partial charge in [-0.15, -0.1) is 10.2 Å². The van der Waals surface area contributed by atoms with Crippen LogP contribution in [0.3, 0.4) is 0 Å². The number of rotatable bonds is 7. The summed E-state index contributed by atoms with van der Waals surface area (Å²) in [4.78, 5) is 12.5. The number of benzene rings is 3. The van der Waals surface area contributed by atoms with Crippen LogP contribution >= 0.6 is 35.0 Å². The number of thioether (sulfide) groups is 1. The van der Waals surface area contributed by atoms with Crippen molar-refractivity contribution >= 4 is 47.1 Å². The third-order valence-corrected chi connectivity index (χ3v) is 6.96. The van der Waals surface area contributed by atoms with E-state index in [0.29, 0.717) is 26.6 Å². The minimum absolute atomic E-state index is 0.0552. The Hall–Kier alpha value is -3.13. The van der Waals surface area contributed by atoms with Crippen LogP contribution in [0.1, 0.15) is 31.9 Å². The van der Waals surface area contributed by atoms with Gasteiger partial charge in [-0.1, -0.05) is 104 Å². The number of carbonyl (C=O) groups excluding carboxylic acids is 1. The predicted molar refractivity (Wildman–Crippen MR) is 148 cm³/mol. The highest BCUT2D eigenvalue weighted by atomic mass is 35.5. The summed E-state index contributed by atoms with van der Waals surface area (Å²) in [5.41, 5.74) is 6.19.